The van der Waals surface area contributed by atoms with Crippen LogP contribution < -0.4 is 11.1 Å². The van der Waals surface area contributed by atoms with E-state index in [0.717, 1.165) is 4.88 Å². The highest BCUT2D eigenvalue weighted by Gasteiger charge is 2.35. The Morgan fingerprint density at radius 2 is 2.05 bits per heavy atom. The predicted molar refractivity (Wildman–Crippen MR) is 72.8 cm³/mol. The lowest BCUT2D eigenvalue weighted by atomic mass is 10.3. The Bertz CT molecular complexity index is 614. The van der Waals surface area contributed by atoms with E-state index in [1.54, 1.807) is 19.1 Å². The lowest BCUT2D eigenvalue weighted by molar-refractivity contribution is -0.144. The summed E-state index contributed by atoms with van der Waals surface area (Å²) >= 11 is 7.15. The number of thiophene rings is 1. The number of anilines is 2. The van der Waals surface area contributed by atoms with Crippen molar-refractivity contribution in [2.45, 2.75) is 19.1 Å². The predicted octanol–water partition coefficient (Wildman–Crippen LogP) is 3.97. The number of nitrogens with one attached hydrogen (secondary N) is 1. The molecule has 9 heteroatoms. The number of hydrogen-bond donors (Lipinski definition) is 2. The van der Waals surface area contributed by atoms with Gasteiger partial charge in [0.2, 0.25) is 5.82 Å². The van der Waals surface area contributed by atoms with Crippen molar-refractivity contribution < 1.29 is 13.2 Å². The third kappa shape index (κ3) is 3.51. The summed E-state index contributed by atoms with van der Waals surface area (Å²) in [4.78, 5) is 7.47. The van der Waals surface area contributed by atoms with Gasteiger partial charge >= 0.3 is 6.18 Å². The topological polar surface area (TPSA) is 63.8 Å². The van der Waals surface area contributed by atoms with E-state index in [1.807, 2.05) is 0 Å². The van der Waals surface area contributed by atoms with E-state index in [-0.39, 0.29) is 17.7 Å². The fourth-order valence-corrected chi connectivity index (χ4v) is 2.58. The molecule has 20 heavy (non-hydrogen) atoms. The lowest BCUT2D eigenvalue weighted by Gasteiger charge is -2.14. The Hall–Kier alpha value is -1.54. The molecule has 2 aromatic rings. The summed E-state index contributed by atoms with van der Waals surface area (Å²) < 4.78 is 38.4. The zero-order valence-electron chi connectivity index (χ0n) is 10.2. The van der Waals surface area contributed by atoms with Gasteiger partial charge in [0.25, 0.3) is 0 Å². The number of nitrogen functional groups attached to an aromatic ring is 1. The standard InChI is InChI=1S/C11H10ClF3N4S/c1-5(6-2-3-7(12)20-6)17-9-4-8(16)18-10(19-9)11(13,14)15/h2-5H,1H3,(H3,16,17,18,19). The van der Waals surface area contributed by atoms with Gasteiger partial charge in [0.1, 0.15) is 11.6 Å². The SMILES string of the molecule is CC(Nc1cc(N)nc(C(F)(F)F)n1)c1ccc(Cl)s1. The quantitative estimate of drug-likeness (QED) is 0.897. The average molecular weight is 323 g/mol. The normalized spacial score (nSPS) is 13.2. The van der Waals surface area contributed by atoms with Gasteiger partial charge < -0.3 is 11.1 Å². The van der Waals surface area contributed by atoms with Gasteiger partial charge in [-0.1, -0.05) is 11.6 Å². The second kappa shape index (κ2) is 5.45. The monoisotopic (exact) mass is 322 g/mol. The molecule has 0 aliphatic carbocycles. The Labute approximate surface area is 121 Å². The van der Waals surface area contributed by atoms with Gasteiger partial charge in [-0.3, -0.25) is 0 Å². The fraction of sp³-hybridized carbons (Fsp3) is 0.273. The number of rotatable bonds is 3. The van der Waals surface area contributed by atoms with Crippen LogP contribution in [0.4, 0.5) is 24.8 Å². The molecule has 0 aliphatic heterocycles. The maximum Gasteiger partial charge on any atom is 0.451 e. The first-order chi connectivity index (χ1) is 9.25. The number of aromatic nitrogens is 2. The Balaban J connectivity index is 2.23. The van der Waals surface area contributed by atoms with Crippen molar-refractivity contribution in [1.82, 2.24) is 9.97 Å². The molecule has 0 aliphatic rings. The highest BCUT2D eigenvalue weighted by atomic mass is 35.5. The second-order valence-electron chi connectivity index (χ2n) is 4.01. The van der Waals surface area contributed by atoms with Crippen molar-refractivity contribution in [3.63, 3.8) is 0 Å². The number of nitrogens with zero attached hydrogens (tertiary/aromatic N) is 2. The van der Waals surface area contributed by atoms with Crippen molar-refractivity contribution in [2.75, 3.05) is 11.1 Å². The Kier molecular flexibility index (Phi) is 4.05. The van der Waals surface area contributed by atoms with Gasteiger partial charge in [-0.15, -0.1) is 11.3 Å². The smallest absolute Gasteiger partial charge is 0.384 e. The van der Waals surface area contributed by atoms with Crippen molar-refractivity contribution in [3.05, 3.63) is 33.2 Å². The summed E-state index contributed by atoms with van der Waals surface area (Å²) in [5.74, 6) is -1.50. The molecule has 0 spiro atoms. The fourth-order valence-electron chi connectivity index (χ4n) is 1.52. The highest BCUT2D eigenvalue weighted by molar-refractivity contribution is 7.16. The van der Waals surface area contributed by atoms with Gasteiger partial charge in [0.05, 0.1) is 10.4 Å². The molecule has 2 heterocycles. The molecule has 0 amide bonds. The minimum absolute atomic E-state index is 0.0156. The minimum Gasteiger partial charge on any atom is -0.384 e. The van der Waals surface area contributed by atoms with E-state index in [0.29, 0.717) is 4.34 Å². The third-order valence-electron chi connectivity index (χ3n) is 2.38. The van der Waals surface area contributed by atoms with Crippen LogP contribution in [-0.2, 0) is 6.18 Å². The first-order valence-corrected chi connectivity index (χ1v) is 6.68. The van der Waals surface area contributed by atoms with Crippen molar-refractivity contribution >= 4 is 34.6 Å². The number of halogens is 4. The summed E-state index contributed by atoms with van der Waals surface area (Å²) in [6.45, 7) is 1.79. The molecule has 0 fully saturated rings. The molecule has 1 unspecified atom stereocenters. The van der Waals surface area contributed by atoms with Gasteiger partial charge in [0.15, 0.2) is 0 Å². The van der Waals surface area contributed by atoms with Crippen LogP contribution in [-0.4, -0.2) is 9.97 Å². The molecule has 2 aromatic heterocycles. The maximum absolute atomic E-state index is 12.6. The highest BCUT2D eigenvalue weighted by Crippen LogP contribution is 2.31. The molecule has 0 saturated heterocycles. The molecule has 4 nitrogen and oxygen atoms in total. The van der Waals surface area contributed by atoms with E-state index in [4.69, 9.17) is 17.3 Å². The molecule has 0 bridgehead atoms. The molecule has 0 saturated carbocycles. The van der Waals surface area contributed by atoms with Crippen LogP contribution in [0.3, 0.4) is 0 Å². The Morgan fingerprint density at radius 1 is 1.35 bits per heavy atom. The van der Waals surface area contributed by atoms with E-state index in [1.165, 1.54) is 17.4 Å². The largest absolute Gasteiger partial charge is 0.451 e. The molecule has 3 N–H and O–H groups in total. The van der Waals surface area contributed by atoms with Gasteiger partial charge in [-0.25, -0.2) is 9.97 Å². The molecule has 108 valence electrons. The van der Waals surface area contributed by atoms with E-state index >= 15 is 0 Å². The van der Waals surface area contributed by atoms with E-state index in [9.17, 15) is 13.2 Å². The Morgan fingerprint density at radius 3 is 2.60 bits per heavy atom. The van der Waals surface area contributed by atoms with Gasteiger partial charge in [-0.2, -0.15) is 13.2 Å². The molecular formula is C11H10ClF3N4S. The summed E-state index contributed by atoms with van der Waals surface area (Å²) in [7, 11) is 0. The minimum atomic E-state index is -4.64. The molecule has 0 radical (unpaired) electrons. The van der Waals surface area contributed by atoms with Crippen molar-refractivity contribution in [2.24, 2.45) is 0 Å². The van der Waals surface area contributed by atoms with Crippen LogP contribution in [0.2, 0.25) is 4.34 Å². The van der Waals surface area contributed by atoms with Gasteiger partial charge in [-0.05, 0) is 19.1 Å². The zero-order valence-corrected chi connectivity index (χ0v) is 11.8. The van der Waals surface area contributed by atoms with Gasteiger partial charge in [0, 0.05) is 10.9 Å². The second-order valence-corrected chi connectivity index (χ2v) is 5.75. The lowest BCUT2D eigenvalue weighted by Crippen LogP contribution is -2.15. The van der Waals surface area contributed by atoms with Crippen molar-refractivity contribution in [1.29, 1.82) is 0 Å². The molecule has 2 rings (SSSR count). The summed E-state index contributed by atoms with van der Waals surface area (Å²) in [6.07, 6.45) is -4.64. The molecule has 0 aromatic carbocycles. The van der Waals surface area contributed by atoms with Crippen LogP contribution in [0.1, 0.15) is 23.7 Å². The van der Waals surface area contributed by atoms with Crippen LogP contribution in [0.25, 0.3) is 0 Å². The van der Waals surface area contributed by atoms with Crippen LogP contribution in [0.15, 0.2) is 18.2 Å². The zero-order chi connectivity index (χ0) is 14.9. The van der Waals surface area contributed by atoms with Crippen LogP contribution in [0, 0.1) is 0 Å². The van der Waals surface area contributed by atoms with E-state index < -0.39 is 12.0 Å². The molecular weight excluding hydrogens is 313 g/mol. The maximum atomic E-state index is 12.6. The first-order valence-electron chi connectivity index (χ1n) is 5.49. The number of alkyl halides is 3. The first kappa shape index (κ1) is 14.9. The van der Waals surface area contributed by atoms with Crippen molar-refractivity contribution in [3.8, 4) is 0 Å². The third-order valence-corrected chi connectivity index (χ3v) is 3.80. The number of hydrogen-bond acceptors (Lipinski definition) is 5. The summed E-state index contributed by atoms with van der Waals surface area (Å²) in [5, 5.41) is 2.85. The van der Waals surface area contributed by atoms with E-state index in [2.05, 4.69) is 15.3 Å². The average Bonchev–Trinajstić information content (AvgIpc) is 2.74. The molecule has 1 atom stereocenters. The number of nitrogens with two attached hydrogens (primary N) is 1. The van der Waals surface area contributed by atoms with Crippen LogP contribution >= 0.6 is 22.9 Å². The van der Waals surface area contributed by atoms with Crippen LogP contribution in [0.5, 0.6) is 0 Å². The summed E-state index contributed by atoms with van der Waals surface area (Å²) in [5.41, 5.74) is 5.37. The summed E-state index contributed by atoms with van der Waals surface area (Å²) in [6, 6.07) is 4.51.